The smallest absolute Gasteiger partial charge is 0.264 e. The van der Waals surface area contributed by atoms with Crippen molar-refractivity contribution in [1.82, 2.24) is 10.2 Å². The van der Waals surface area contributed by atoms with Crippen LogP contribution in [0.25, 0.3) is 0 Å². The van der Waals surface area contributed by atoms with Crippen LogP contribution >= 0.6 is 34.8 Å². The zero-order chi connectivity index (χ0) is 31.0. The van der Waals surface area contributed by atoms with Crippen LogP contribution in [0.1, 0.15) is 39.2 Å². The van der Waals surface area contributed by atoms with E-state index in [1.807, 2.05) is 13.8 Å². The number of halogens is 3. The van der Waals surface area contributed by atoms with E-state index in [1.54, 1.807) is 25.1 Å². The number of amides is 2. The summed E-state index contributed by atoms with van der Waals surface area (Å²) in [6.07, 6.45) is 0.958. The van der Waals surface area contributed by atoms with E-state index < -0.39 is 28.5 Å². The van der Waals surface area contributed by atoms with E-state index in [0.717, 1.165) is 4.31 Å². The number of nitrogens with one attached hydrogen (secondary N) is 1. The quantitative estimate of drug-likeness (QED) is 0.225. The molecule has 0 unspecified atom stereocenters. The van der Waals surface area contributed by atoms with Gasteiger partial charge in [0, 0.05) is 33.2 Å². The maximum atomic E-state index is 14.2. The number of methoxy groups -OCH3 is 1. The van der Waals surface area contributed by atoms with E-state index in [-0.39, 0.29) is 35.5 Å². The lowest BCUT2D eigenvalue weighted by Crippen LogP contribution is -2.53. The van der Waals surface area contributed by atoms with Gasteiger partial charge in [-0.15, -0.1) is 0 Å². The zero-order valence-electron chi connectivity index (χ0n) is 23.8. The average Bonchev–Trinajstić information content (AvgIpc) is 2.97. The molecule has 0 fully saturated rings. The molecule has 12 heteroatoms. The summed E-state index contributed by atoms with van der Waals surface area (Å²) < 4.78 is 34.1. The number of sulfonamides is 1. The standard InChI is InChI=1S/C30H34Cl3N3O5S/c1-5-20(3)34-30(38)28(6-2)35(18-25-26(32)8-7-9-27(25)33)29(37)19-36(22-12-10-21(31)11-13-22)42(39,40)24-16-14-23(41-4)15-17-24/h7-17,20,28H,5-6,18-19H2,1-4H3,(H,34,38)/t20-,28+/m1/s1. The second kappa shape index (κ2) is 15.0. The fraction of sp³-hybridized carbons (Fsp3) is 0.333. The summed E-state index contributed by atoms with van der Waals surface area (Å²) in [7, 11) is -2.78. The molecule has 3 rings (SSSR count). The summed E-state index contributed by atoms with van der Waals surface area (Å²) in [6, 6.07) is 15.8. The van der Waals surface area contributed by atoms with Crippen molar-refractivity contribution < 1.29 is 22.7 Å². The molecule has 0 saturated heterocycles. The number of ether oxygens (including phenoxy) is 1. The molecule has 0 heterocycles. The Hall–Kier alpha value is -2.98. The molecule has 3 aromatic carbocycles. The van der Waals surface area contributed by atoms with E-state index in [9.17, 15) is 18.0 Å². The van der Waals surface area contributed by atoms with Gasteiger partial charge in [0.1, 0.15) is 18.3 Å². The Morgan fingerprint density at radius 1 is 0.905 bits per heavy atom. The van der Waals surface area contributed by atoms with E-state index in [4.69, 9.17) is 39.5 Å². The molecule has 0 spiro atoms. The lowest BCUT2D eigenvalue weighted by molar-refractivity contribution is -0.140. The summed E-state index contributed by atoms with van der Waals surface area (Å²) in [5.74, 6) is -0.507. The lowest BCUT2D eigenvalue weighted by atomic mass is 10.1. The third kappa shape index (κ3) is 8.10. The predicted octanol–water partition coefficient (Wildman–Crippen LogP) is 6.57. The summed E-state index contributed by atoms with van der Waals surface area (Å²) >= 11 is 19.0. The Bertz CT molecular complexity index is 1460. The molecular formula is C30H34Cl3N3O5S. The molecule has 0 aromatic heterocycles. The van der Waals surface area contributed by atoms with Crippen molar-refractivity contribution in [1.29, 1.82) is 0 Å². The highest BCUT2D eigenvalue weighted by atomic mass is 35.5. The van der Waals surface area contributed by atoms with Gasteiger partial charge in [0.25, 0.3) is 10.0 Å². The molecule has 226 valence electrons. The fourth-order valence-electron chi connectivity index (χ4n) is 4.23. The highest BCUT2D eigenvalue weighted by Gasteiger charge is 2.34. The summed E-state index contributed by atoms with van der Waals surface area (Å²) in [5, 5.41) is 3.96. The topological polar surface area (TPSA) is 96.0 Å². The molecule has 8 nitrogen and oxygen atoms in total. The van der Waals surface area contributed by atoms with Crippen LogP contribution in [0.3, 0.4) is 0 Å². The largest absolute Gasteiger partial charge is 0.497 e. The molecule has 0 aliphatic heterocycles. The van der Waals surface area contributed by atoms with Gasteiger partial charge in [-0.2, -0.15) is 0 Å². The number of benzene rings is 3. The van der Waals surface area contributed by atoms with Gasteiger partial charge in [-0.3, -0.25) is 13.9 Å². The lowest BCUT2D eigenvalue weighted by Gasteiger charge is -2.34. The molecule has 0 aliphatic carbocycles. The van der Waals surface area contributed by atoms with Crippen molar-refractivity contribution in [3.05, 3.63) is 87.4 Å². The Morgan fingerprint density at radius 2 is 1.50 bits per heavy atom. The molecule has 0 radical (unpaired) electrons. The van der Waals surface area contributed by atoms with Crippen LogP contribution in [-0.4, -0.2) is 50.9 Å². The van der Waals surface area contributed by atoms with Gasteiger partial charge in [0.15, 0.2) is 0 Å². The van der Waals surface area contributed by atoms with Gasteiger partial charge in [0.05, 0.1) is 17.7 Å². The van der Waals surface area contributed by atoms with Crippen LogP contribution in [0.2, 0.25) is 15.1 Å². The van der Waals surface area contributed by atoms with Gasteiger partial charge < -0.3 is 15.0 Å². The number of carbonyl (C=O) groups is 2. The Kier molecular flexibility index (Phi) is 11.9. The predicted molar refractivity (Wildman–Crippen MR) is 168 cm³/mol. The van der Waals surface area contributed by atoms with Gasteiger partial charge >= 0.3 is 0 Å². The molecule has 1 N–H and O–H groups in total. The fourth-order valence-corrected chi connectivity index (χ4v) is 6.28. The van der Waals surface area contributed by atoms with Crippen molar-refractivity contribution >= 4 is 62.3 Å². The first-order valence-corrected chi connectivity index (χ1v) is 15.9. The minimum atomic E-state index is -4.25. The minimum Gasteiger partial charge on any atom is -0.497 e. The van der Waals surface area contributed by atoms with E-state index >= 15 is 0 Å². The van der Waals surface area contributed by atoms with Crippen LogP contribution in [0.4, 0.5) is 5.69 Å². The SMILES string of the molecule is CC[C@@H](C)NC(=O)[C@H](CC)N(Cc1c(Cl)cccc1Cl)C(=O)CN(c1ccc(Cl)cc1)S(=O)(=O)c1ccc(OC)cc1. The monoisotopic (exact) mass is 653 g/mol. The van der Waals surface area contributed by atoms with E-state index in [0.29, 0.717) is 32.8 Å². The molecule has 42 heavy (non-hydrogen) atoms. The summed E-state index contributed by atoms with van der Waals surface area (Å²) in [5.41, 5.74) is 0.663. The van der Waals surface area contributed by atoms with Crippen molar-refractivity contribution in [2.75, 3.05) is 18.0 Å². The second-order valence-corrected chi connectivity index (χ2v) is 12.7. The number of rotatable bonds is 13. The molecule has 0 saturated carbocycles. The van der Waals surface area contributed by atoms with Crippen LogP contribution in [0.5, 0.6) is 5.75 Å². The van der Waals surface area contributed by atoms with Crippen molar-refractivity contribution in [3.63, 3.8) is 0 Å². The van der Waals surface area contributed by atoms with Gasteiger partial charge in [0.2, 0.25) is 11.8 Å². The average molecular weight is 655 g/mol. The van der Waals surface area contributed by atoms with E-state index in [1.165, 1.54) is 60.5 Å². The highest BCUT2D eigenvalue weighted by Crippen LogP contribution is 2.29. The Morgan fingerprint density at radius 3 is 2.02 bits per heavy atom. The van der Waals surface area contributed by atoms with Crippen LogP contribution < -0.4 is 14.4 Å². The van der Waals surface area contributed by atoms with Gasteiger partial charge in [-0.05, 0) is 80.4 Å². The molecule has 2 atom stereocenters. The van der Waals surface area contributed by atoms with Crippen molar-refractivity contribution in [3.8, 4) is 5.75 Å². The van der Waals surface area contributed by atoms with Gasteiger partial charge in [-0.25, -0.2) is 8.42 Å². The molecule has 0 aliphatic rings. The first kappa shape index (κ1) is 33.5. The van der Waals surface area contributed by atoms with Crippen LogP contribution in [-0.2, 0) is 26.2 Å². The highest BCUT2D eigenvalue weighted by molar-refractivity contribution is 7.92. The second-order valence-electron chi connectivity index (χ2n) is 9.63. The molecule has 3 aromatic rings. The zero-order valence-corrected chi connectivity index (χ0v) is 26.9. The van der Waals surface area contributed by atoms with Crippen LogP contribution in [0, 0.1) is 0 Å². The van der Waals surface area contributed by atoms with Gasteiger partial charge in [-0.1, -0.05) is 54.7 Å². The number of carbonyl (C=O) groups excluding carboxylic acids is 2. The summed E-state index contributed by atoms with van der Waals surface area (Å²) in [4.78, 5) is 28.8. The molecule has 0 bridgehead atoms. The van der Waals surface area contributed by atoms with E-state index in [2.05, 4.69) is 5.32 Å². The van der Waals surface area contributed by atoms with Crippen molar-refractivity contribution in [2.24, 2.45) is 0 Å². The Balaban J connectivity index is 2.09. The van der Waals surface area contributed by atoms with Crippen LogP contribution in [0.15, 0.2) is 71.6 Å². The maximum absolute atomic E-state index is 14.2. The number of hydrogen-bond donors (Lipinski definition) is 1. The minimum absolute atomic E-state index is 0.0479. The number of anilines is 1. The summed E-state index contributed by atoms with van der Waals surface area (Å²) in [6.45, 7) is 4.87. The van der Waals surface area contributed by atoms with Crippen molar-refractivity contribution in [2.45, 2.75) is 57.1 Å². The molecular weight excluding hydrogens is 621 g/mol. The third-order valence-electron chi connectivity index (χ3n) is 6.82. The third-order valence-corrected chi connectivity index (χ3v) is 9.57. The number of nitrogens with zero attached hydrogens (tertiary/aromatic N) is 2. The Labute approximate surface area is 262 Å². The molecule has 2 amide bonds. The normalized spacial score (nSPS) is 12.7. The number of hydrogen-bond acceptors (Lipinski definition) is 5. The first-order chi connectivity index (χ1) is 19.9. The first-order valence-electron chi connectivity index (χ1n) is 13.4. The maximum Gasteiger partial charge on any atom is 0.264 e.